The maximum atomic E-state index is 12.7. The topological polar surface area (TPSA) is 140 Å². The van der Waals surface area contributed by atoms with E-state index >= 15 is 0 Å². The van der Waals surface area contributed by atoms with E-state index in [4.69, 9.17) is 26.6 Å². The van der Waals surface area contributed by atoms with Crippen LogP contribution in [0.2, 0.25) is 5.02 Å². The minimum Gasteiger partial charge on any atom is -0.373 e. The van der Waals surface area contributed by atoms with Gasteiger partial charge in [0, 0.05) is 18.0 Å². The first-order chi connectivity index (χ1) is 14.5. The Bertz CT molecular complexity index is 1280. The monoisotopic (exact) mass is 428 g/mol. The second kappa shape index (κ2) is 7.18. The standard InChI is InChI=1S/C18H17ClN8O3/c1-26-14-16(23-25-26)22-18(20)27(17(14)28)7-13-21-15(24-30-13)10-6-12(29-8-10)9-2-4-11(19)5-3-9/h2-5,10,12H,6-8H2,1H3,(H2,20,22). The predicted octanol–water partition coefficient (Wildman–Crippen LogP) is 1.44. The highest BCUT2D eigenvalue weighted by Crippen LogP contribution is 2.37. The summed E-state index contributed by atoms with van der Waals surface area (Å²) in [6.45, 7) is 0.475. The minimum atomic E-state index is -0.378. The maximum absolute atomic E-state index is 12.7. The van der Waals surface area contributed by atoms with Crippen LogP contribution >= 0.6 is 11.6 Å². The van der Waals surface area contributed by atoms with Crippen molar-refractivity contribution >= 4 is 28.7 Å². The van der Waals surface area contributed by atoms with Crippen LogP contribution in [-0.4, -0.2) is 41.3 Å². The normalized spacial score (nSPS) is 19.0. The Morgan fingerprint density at radius 1 is 1.27 bits per heavy atom. The van der Waals surface area contributed by atoms with E-state index in [0.29, 0.717) is 17.5 Å². The summed E-state index contributed by atoms with van der Waals surface area (Å²) in [5, 5.41) is 12.4. The fourth-order valence-corrected chi connectivity index (χ4v) is 3.68. The van der Waals surface area contributed by atoms with E-state index in [-0.39, 0.29) is 47.1 Å². The Balaban J connectivity index is 1.35. The van der Waals surface area contributed by atoms with Gasteiger partial charge in [-0.1, -0.05) is 34.1 Å². The Kier molecular flexibility index (Phi) is 4.48. The zero-order valence-corrected chi connectivity index (χ0v) is 16.7. The first kappa shape index (κ1) is 18.7. The molecule has 11 nitrogen and oxygen atoms in total. The zero-order chi connectivity index (χ0) is 20.8. The summed E-state index contributed by atoms with van der Waals surface area (Å²) in [6, 6.07) is 7.57. The summed E-state index contributed by atoms with van der Waals surface area (Å²) in [7, 11) is 1.61. The van der Waals surface area contributed by atoms with Crippen LogP contribution in [-0.2, 0) is 18.3 Å². The number of fused-ring (bicyclic) bond motifs is 1. The van der Waals surface area contributed by atoms with Crippen molar-refractivity contribution < 1.29 is 9.26 Å². The molecule has 2 atom stereocenters. The molecule has 0 spiro atoms. The molecule has 1 aromatic carbocycles. The number of ether oxygens (including phenoxy) is 1. The summed E-state index contributed by atoms with van der Waals surface area (Å²) in [5.41, 5.74) is 7.04. The maximum Gasteiger partial charge on any atom is 0.283 e. The Hall–Kier alpha value is -3.31. The molecule has 2 N–H and O–H groups in total. The van der Waals surface area contributed by atoms with E-state index in [2.05, 4.69) is 25.4 Å². The highest BCUT2D eigenvalue weighted by Gasteiger charge is 2.31. The molecule has 12 heteroatoms. The van der Waals surface area contributed by atoms with Gasteiger partial charge in [-0.25, -0.2) is 4.68 Å². The predicted molar refractivity (Wildman–Crippen MR) is 106 cm³/mol. The molecule has 4 heterocycles. The lowest BCUT2D eigenvalue weighted by Gasteiger charge is -2.09. The fourth-order valence-electron chi connectivity index (χ4n) is 3.56. The second-order valence-electron chi connectivity index (χ2n) is 7.10. The number of rotatable bonds is 4. The Morgan fingerprint density at radius 2 is 2.07 bits per heavy atom. The summed E-state index contributed by atoms with van der Waals surface area (Å²) < 4.78 is 13.9. The van der Waals surface area contributed by atoms with Crippen molar-refractivity contribution in [2.24, 2.45) is 7.05 Å². The van der Waals surface area contributed by atoms with Crippen LogP contribution in [0.15, 0.2) is 33.6 Å². The van der Waals surface area contributed by atoms with Crippen LogP contribution < -0.4 is 11.3 Å². The smallest absolute Gasteiger partial charge is 0.283 e. The summed E-state index contributed by atoms with van der Waals surface area (Å²) in [6.07, 6.45) is 0.660. The number of anilines is 1. The number of hydrogen-bond donors (Lipinski definition) is 1. The Labute approximate surface area is 174 Å². The van der Waals surface area contributed by atoms with Gasteiger partial charge < -0.3 is 15.0 Å². The van der Waals surface area contributed by atoms with Gasteiger partial charge in [-0.15, -0.1) is 5.10 Å². The fraction of sp³-hybridized carbons (Fsp3) is 0.333. The average molecular weight is 429 g/mol. The number of nitrogens with zero attached hydrogens (tertiary/aromatic N) is 7. The SMILES string of the molecule is Cn1nnc2nc(N)n(Cc3nc(C4COC(c5ccc(Cl)cc5)C4)no3)c(=O)c21. The van der Waals surface area contributed by atoms with Gasteiger partial charge in [-0.2, -0.15) is 9.97 Å². The van der Waals surface area contributed by atoms with Gasteiger partial charge in [-0.3, -0.25) is 9.36 Å². The Morgan fingerprint density at radius 3 is 2.87 bits per heavy atom. The van der Waals surface area contributed by atoms with Crippen molar-refractivity contribution in [3.8, 4) is 0 Å². The van der Waals surface area contributed by atoms with Crippen molar-refractivity contribution in [1.82, 2.24) is 34.7 Å². The van der Waals surface area contributed by atoms with Crippen molar-refractivity contribution in [1.29, 1.82) is 0 Å². The van der Waals surface area contributed by atoms with E-state index in [9.17, 15) is 4.79 Å². The molecule has 1 fully saturated rings. The molecule has 0 amide bonds. The van der Waals surface area contributed by atoms with Gasteiger partial charge in [0.25, 0.3) is 5.56 Å². The second-order valence-corrected chi connectivity index (χ2v) is 7.54. The molecule has 0 bridgehead atoms. The van der Waals surface area contributed by atoms with Crippen molar-refractivity contribution in [2.75, 3.05) is 12.3 Å². The van der Waals surface area contributed by atoms with E-state index in [1.807, 2.05) is 24.3 Å². The molecule has 1 aliphatic rings. The number of nitrogens with two attached hydrogens (primary N) is 1. The molecule has 0 aliphatic carbocycles. The molecule has 0 saturated carbocycles. The lowest BCUT2D eigenvalue weighted by molar-refractivity contribution is 0.110. The van der Waals surface area contributed by atoms with Gasteiger partial charge >= 0.3 is 0 Å². The van der Waals surface area contributed by atoms with Crippen LogP contribution in [0.4, 0.5) is 5.95 Å². The molecule has 0 radical (unpaired) electrons. The lowest BCUT2D eigenvalue weighted by Crippen LogP contribution is -2.26. The van der Waals surface area contributed by atoms with E-state index in [1.165, 1.54) is 9.25 Å². The van der Waals surface area contributed by atoms with Crippen LogP contribution in [0.25, 0.3) is 11.2 Å². The molecule has 3 aromatic heterocycles. The largest absolute Gasteiger partial charge is 0.373 e. The highest BCUT2D eigenvalue weighted by atomic mass is 35.5. The quantitative estimate of drug-likeness (QED) is 0.511. The lowest BCUT2D eigenvalue weighted by atomic mass is 10.0. The number of benzene rings is 1. The first-order valence-electron chi connectivity index (χ1n) is 9.25. The minimum absolute atomic E-state index is 0.0000231. The molecule has 5 rings (SSSR count). The van der Waals surface area contributed by atoms with Gasteiger partial charge in [0.2, 0.25) is 17.5 Å². The van der Waals surface area contributed by atoms with E-state index in [1.54, 1.807) is 7.05 Å². The molecule has 2 unspecified atom stereocenters. The van der Waals surface area contributed by atoms with Crippen molar-refractivity contribution in [2.45, 2.75) is 25.0 Å². The van der Waals surface area contributed by atoms with Crippen LogP contribution in [0.1, 0.15) is 35.7 Å². The number of aromatic nitrogens is 7. The number of nitrogen functional groups attached to an aromatic ring is 1. The average Bonchev–Trinajstić information content (AvgIpc) is 3.46. The third kappa shape index (κ3) is 3.21. The number of aryl methyl sites for hydroxylation is 1. The van der Waals surface area contributed by atoms with Crippen molar-refractivity contribution in [3.63, 3.8) is 0 Å². The molecule has 1 aliphatic heterocycles. The van der Waals surface area contributed by atoms with Crippen LogP contribution in [0.3, 0.4) is 0 Å². The van der Waals surface area contributed by atoms with Gasteiger partial charge in [-0.05, 0) is 24.1 Å². The first-order valence-corrected chi connectivity index (χ1v) is 9.62. The summed E-state index contributed by atoms with van der Waals surface area (Å²) in [4.78, 5) is 21.3. The van der Waals surface area contributed by atoms with Gasteiger partial charge in [0.15, 0.2) is 11.3 Å². The molecule has 1 saturated heterocycles. The third-order valence-corrected chi connectivity index (χ3v) is 5.39. The zero-order valence-electron chi connectivity index (χ0n) is 15.9. The number of hydrogen-bond acceptors (Lipinski definition) is 9. The molecule has 154 valence electrons. The summed E-state index contributed by atoms with van der Waals surface area (Å²) in [5.74, 6) is 0.771. The third-order valence-electron chi connectivity index (χ3n) is 5.14. The summed E-state index contributed by atoms with van der Waals surface area (Å²) >= 11 is 5.95. The molecule has 4 aromatic rings. The molecular weight excluding hydrogens is 412 g/mol. The van der Waals surface area contributed by atoms with Crippen LogP contribution in [0.5, 0.6) is 0 Å². The highest BCUT2D eigenvalue weighted by molar-refractivity contribution is 6.30. The van der Waals surface area contributed by atoms with E-state index in [0.717, 1.165) is 12.0 Å². The molecular formula is C18H17ClN8O3. The van der Waals surface area contributed by atoms with Gasteiger partial charge in [0.05, 0.1) is 12.7 Å². The van der Waals surface area contributed by atoms with Crippen molar-refractivity contribution in [3.05, 3.63) is 56.9 Å². The van der Waals surface area contributed by atoms with Gasteiger partial charge in [0.1, 0.15) is 6.54 Å². The molecule has 30 heavy (non-hydrogen) atoms. The van der Waals surface area contributed by atoms with E-state index < -0.39 is 0 Å². The number of halogens is 1. The van der Waals surface area contributed by atoms with Crippen LogP contribution in [0, 0.1) is 0 Å².